The highest BCUT2D eigenvalue weighted by Gasteiger charge is 2.25. The van der Waals surface area contributed by atoms with Gasteiger partial charge in [0.05, 0.1) is 11.5 Å². The van der Waals surface area contributed by atoms with Crippen molar-refractivity contribution in [1.29, 1.82) is 0 Å². The van der Waals surface area contributed by atoms with Crippen molar-refractivity contribution in [3.8, 4) is 0 Å². The molecule has 1 fully saturated rings. The zero-order chi connectivity index (χ0) is 14.5. The van der Waals surface area contributed by atoms with E-state index in [1.54, 1.807) is 6.26 Å². The van der Waals surface area contributed by atoms with E-state index in [-0.39, 0.29) is 35.1 Å². The Morgan fingerprint density at radius 1 is 1.53 bits per heavy atom. The highest BCUT2D eigenvalue weighted by molar-refractivity contribution is 7.91. The molecule has 0 aromatic carbocycles. The van der Waals surface area contributed by atoms with Gasteiger partial charge in [-0.3, -0.25) is 9.00 Å². The first-order valence-electron chi connectivity index (χ1n) is 6.33. The highest BCUT2D eigenvalue weighted by atomic mass is 32.2. The summed E-state index contributed by atoms with van der Waals surface area (Å²) in [7, 11) is -3.89. The summed E-state index contributed by atoms with van der Waals surface area (Å²) in [6.45, 7) is 2.75. The molecule has 3 unspecified atom stereocenters. The van der Waals surface area contributed by atoms with E-state index in [9.17, 15) is 17.4 Å². The van der Waals surface area contributed by atoms with Crippen LogP contribution in [-0.2, 0) is 25.4 Å². The van der Waals surface area contributed by atoms with E-state index in [1.165, 1.54) is 0 Å². The molecule has 0 bridgehead atoms. The van der Waals surface area contributed by atoms with Gasteiger partial charge in [0.15, 0.2) is 9.84 Å². The molecule has 8 heteroatoms. The largest absolute Gasteiger partial charge is 0.356 e. The Balaban J connectivity index is 2.26. The molecule has 0 aliphatic carbocycles. The minimum absolute atomic E-state index is 0.0236. The number of hydrogen-bond donors (Lipinski definition) is 2. The normalized spacial score (nSPS) is 25.5. The molecule has 0 aromatic rings. The lowest BCUT2D eigenvalue weighted by Crippen LogP contribution is -2.47. The van der Waals surface area contributed by atoms with Gasteiger partial charge in [0, 0.05) is 47.9 Å². The summed E-state index contributed by atoms with van der Waals surface area (Å²) in [5, 5.41) is 5.82. The number of rotatable bonds is 6. The Morgan fingerprint density at radius 3 is 2.79 bits per heavy atom. The van der Waals surface area contributed by atoms with Gasteiger partial charge < -0.3 is 10.6 Å². The van der Waals surface area contributed by atoms with Gasteiger partial charge in [0.1, 0.15) is 0 Å². The van der Waals surface area contributed by atoms with Crippen LogP contribution in [0.3, 0.4) is 0 Å². The van der Waals surface area contributed by atoms with Gasteiger partial charge in [-0.15, -0.1) is 0 Å². The van der Waals surface area contributed by atoms with Gasteiger partial charge in [-0.25, -0.2) is 8.42 Å². The molecule has 0 radical (unpaired) electrons. The first kappa shape index (κ1) is 16.6. The van der Waals surface area contributed by atoms with Gasteiger partial charge in [-0.05, 0) is 6.42 Å². The number of nitrogens with one attached hydrogen (secondary N) is 2. The molecule has 1 saturated heterocycles. The zero-order valence-corrected chi connectivity index (χ0v) is 13.0. The van der Waals surface area contributed by atoms with Crippen molar-refractivity contribution < 1.29 is 17.4 Å². The molecule has 2 N–H and O–H groups in total. The predicted octanol–water partition coefficient (Wildman–Crippen LogP) is -0.964. The first-order chi connectivity index (χ1) is 8.80. The lowest BCUT2D eigenvalue weighted by atomic mass is 10.2. The summed E-state index contributed by atoms with van der Waals surface area (Å²) in [6.07, 6.45) is 2.47. The second kappa shape index (κ2) is 7.35. The summed E-state index contributed by atoms with van der Waals surface area (Å²) in [4.78, 5) is 11.7. The van der Waals surface area contributed by atoms with Crippen LogP contribution < -0.4 is 10.6 Å². The molecule has 0 saturated carbocycles. The molecule has 112 valence electrons. The molecule has 6 nitrogen and oxygen atoms in total. The Hall–Kier alpha value is -0.470. The lowest BCUT2D eigenvalue weighted by molar-refractivity contribution is -0.121. The van der Waals surface area contributed by atoms with Gasteiger partial charge in [-0.1, -0.05) is 6.92 Å². The summed E-state index contributed by atoms with van der Waals surface area (Å²) >= 11 is 0. The Kier molecular flexibility index (Phi) is 6.41. The summed E-state index contributed by atoms with van der Waals surface area (Å²) in [5.74, 6) is 0.00415. The molecular weight excluding hydrogens is 288 g/mol. The molecule has 1 aliphatic heterocycles. The van der Waals surface area contributed by atoms with Crippen LogP contribution in [0.5, 0.6) is 0 Å². The summed E-state index contributed by atoms with van der Waals surface area (Å²) in [6, 6.07) is -0.295. The molecule has 0 aromatic heterocycles. The SMILES string of the molecule is CC(CCNC(=O)CC1CS(=O)(=O)CCN1)S(C)=O. The third-order valence-electron chi connectivity index (χ3n) is 3.17. The van der Waals surface area contributed by atoms with E-state index in [0.717, 1.165) is 0 Å². The standard InChI is InChI=1S/C11H22N2O4S2/c1-9(18(2)15)3-4-13-11(14)7-10-8-19(16,17)6-5-12-10/h9-10,12H,3-8H2,1-2H3,(H,13,14). The van der Waals surface area contributed by atoms with E-state index in [0.29, 0.717) is 19.5 Å². The molecule has 1 heterocycles. The van der Waals surface area contributed by atoms with Crippen molar-refractivity contribution >= 4 is 26.5 Å². The molecule has 1 rings (SSSR count). The van der Waals surface area contributed by atoms with Crippen LogP contribution >= 0.6 is 0 Å². The van der Waals surface area contributed by atoms with Crippen LogP contribution in [0.25, 0.3) is 0 Å². The quantitative estimate of drug-likeness (QED) is 0.659. The Labute approximate surface area is 117 Å². The van der Waals surface area contributed by atoms with E-state index >= 15 is 0 Å². The number of hydrogen-bond acceptors (Lipinski definition) is 5. The van der Waals surface area contributed by atoms with E-state index in [1.807, 2.05) is 6.92 Å². The monoisotopic (exact) mass is 310 g/mol. The molecule has 1 amide bonds. The third kappa shape index (κ3) is 6.49. The summed E-state index contributed by atoms with van der Waals surface area (Å²) < 4.78 is 34.0. The fourth-order valence-electron chi connectivity index (χ4n) is 1.88. The second-order valence-corrected chi connectivity index (χ2v) is 8.95. The van der Waals surface area contributed by atoms with Gasteiger partial charge in [-0.2, -0.15) is 0 Å². The van der Waals surface area contributed by atoms with Crippen molar-refractivity contribution in [3.05, 3.63) is 0 Å². The molecule has 3 atom stereocenters. The topological polar surface area (TPSA) is 92.3 Å². The predicted molar refractivity (Wildman–Crippen MR) is 76.2 cm³/mol. The van der Waals surface area contributed by atoms with Crippen molar-refractivity contribution in [1.82, 2.24) is 10.6 Å². The van der Waals surface area contributed by atoms with Crippen LogP contribution in [0.15, 0.2) is 0 Å². The maximum Gasteiger partial charge on any atom is 0.221 e. The van der Waals surface area contributed by atoms with Gasteiger partial charge >= 0.3 is 0 Å². The Morgan fingerprint density at radius 2 is 2.21 bits per heavy atom. The molecule has 1 aliphatic rings. The van der Waals surface area contributed by atoms with Crippen molar-refractivity contribution in [3.63, 3.8) is 0 Å². The van der Waals surface area contributed by atoms with Crippen LogP contribution in [-0.4, -0.2) is 60.7 Å². The molecule has 0 spiro atoms. The average Bonchev–Trinajstić information content (AvgIpc) is 2.27. The number of sulfone groups is 1. The van der Waals surface area contributed by atoms with Crippen LogP contribution in [0.1, 0.15) is 19.8 Å². The number of carbonyl (C=O) groups excluding carboxylic acids is 1. The smallest absolute Gasteiger partial charge is 0.221 e. The number of amides is 1. The van der Waals surface area contributed by atoms with Crippen LogP contribution in [0.4, 0.5) is 0 Å². The minimum Gasteiger partial charge on any atom is -0.356 e. The number of carbonyl (C=O) groups is 1. The molecule has 19 heavy (non-hydrogen) atoms. The van der Waals surface area contributed by atoms with Crippen LogP contribution in [0, 0.1) is 0 Å². The molecular formula is C11H22N2O4S2. The minimum atomic E-state index is -3.01. The van der Waals surface area contributed by atoms with Gasteiger partial charge in [0.2, 0.25) is 5.91 Å². The van der Waals surface area contributed by atoms with Crippen molar-refractivity contribution in [2.45, 2.75) is 31.1 Å². The van der Waals surface area contributed by atoms with Crippen molar-refractivity contribution in [2.75, 3.05) is 30.9 Å². The van der Waals surface area contributed by atoms with E-state index in [4.69, 9.17) is 0 Å². The van der Waals surface area contributed by atoms with E-state index < -0.39 is 20.6 Å². The zero-order valence-electron chi connectivity index (χ0n) is 11.3. The third-order valence-corrected chi connectivity index (χ3v) is 6.28. The maximum atomic E-state index is 11.7. The van der Waals surface area contributed by atoms with E-state index in [2.05, 4.69) is 10.6 Å². The second-order valence-electron chi connectivity index (χ2n) is 4.92. The highest BCUT2D eigenvalue weighted by Crippen LogP contribution is 2.05. The fraction of sp³-hybridized carbons (Fsp3) is 0.909. The van der Waals surface area contributed by atoms with Gasteiger partial charge in [0.25, 0.3) is 0 Å². The lowest BCUT2D eigenvalue weighted by Gasteiger charge is -2.23. The van der Waals surface area contributed by atoms with Crippen LogP contribution in [0.2, 0.25) is 0 Å². The summed E-state index contributed by atoms with van der Waals surface area (Å²) in [5.41, 5.74) is 0. The fourth-order valence-corrected chi connectivity index (χ4v) is 3.77. The maximum absolute atomic E-state index is 11.7. The Bertz CT molecular complexity index is 436. The first-order valence-corrected chi connectivity index (χ1v) is 9.77. The van der Waals surface area contributed by atoms with Crippen molar-refractivity contribution in [2.24, 2.45) is 0 Å². The average molecular weight is 310 g/mol.